The molecule has 0 aromatic heterocycles. The summed E-state index contributed by atoms with van der Waals surface area (Å²) >= 11 is 0. The van der Waals surface area contributed by atoms with Gasteiger partial charge >= 0.3 is 0 Å². The highest BCUT2D eigenvalue weighted by atomic mass is 16.2. The summed E-state index contributed by atoms with van der Waals surface area (Å²) in [6, 6.07) is 5.82. The summed E-state index contributed by atoms with van der Waals surface area (Å²) in [5.74, 6) is 0.583. The Hall–Kier alpha value is -1.51. The minimum Gasteiger partial charge on any atom is -0.388 e. The number of hydrogen-bond acceptors (Lipinski definition) is 2. The summed E-state index contributed by atoms with van der Waals surface area (Å²) in [5, 5.41) is 3.07. The summed E-state index contributed by atoms with van der Waals surface area (Å²) in [6.07, 6.45) is 0. The molecule has 1 aromatic carbocycles. The van der Waals surface area contributed by atoms with Gasteiger partial charge in [0.15, 0.2) is 0 Å². The zero-order valence-electron chi connectivity index (χ0n) is 11.4. The molecule has 94 valence electrons. The van der Waals surface area contributed by atoms with Gasteiger partial charge in [-0.05, 0) is 36.6 Å². The van der Waals surface area contributed by atoms with Gasteiger partial charge in [0, 0.05) is 31.9 Å². The number of aryl methyl sites for hydroxylation is 1. The van der Waals surface area contributed by atoms with E-state index >= 15 is 0 Å². The maximum Gasteiger partial charge on any atom is 0.253 e. The molecule has 0 atom stereocenters. The van der Waals surface area contributed by atoms with Crippen molar-refractivity contribution in [3.05, 3.63) is 29.3 Å². The van der Waals surface area contributed by atoms with Gasteiger partial charge in [-0.3, -0.25) is 4.79 Å². The second-order valence-electron chi connectivity index (χ2n) is 4.86. The van der Waals surface area contributed by atoms with Crippen LogP contribution in [0.1, 0.15) is 29.8 Å². The summed E-state index contributed by atoms with van der Waals surface area (Å²) in [7, 11) is 3.73. The van der Waals surface area contributed by atoms with Crippen LogP contribution in [0.5, 0.6) is 0 Å². The van der Waals surface area contributed by atoms with E-state index in [1.165, 1.54) is 0 Å². The minimum absolute atomic E-state index is 0.0962. The zero-order valence-corrected chi connectivity index (χ0v) is 11.4. The minimum atomic E-state index is 0.0962. The van der Waals surface area contributed by atoms with Crippen LogP contribution in [0.3, 0.4) is 0 Å². The molecule has 0 heterocycles. The highest BCUT2D eigenvalue weighted by molar-refractivity contribution is 5.95. The number of carbonyl (C=O) groups excluding carboxylic acids is 1. The van der Waals surface area contributed by atoms with Crippen molar-refractivity contribution in [2.24, 2.45) is 5.92 Å². The molecule has 1 N–H and O–H groups in total. The Morgan fingerprint density at radius 1 is 1.41 bits per heavy atom. The van der Waals surface area contributed by atoms with E-state index < -0.39 is 0 Å². The number of nitrogens with one attached hydrogen (secondary N) is 1. The summed E-state index contributed by atoms with van der Waals surface area (Å²) < 4.78 is 0. The number of carbonyl (C=O) groups is 1. The quantitative estimate of drug-likeness (QED) is 0.868. The Bertz CT molecular complexity index is 399. The fourth-order valence-corrected chi connectivity index (χ4v) is 1.90. The third-order valence-electron chi connectivity index (χ3n) is 2.73. The lowest BCUT2D eigenvalue weighted by Crippen LogP contribution is -2.30. The Morgan fingerprint density at radius 2 is 2.06 bits per heavy atom. The number of benzene rings is 1. The topological polar surface area (TPSA) is 32.3 Å². The maximum absolute atomic E-state index is 12.2. The van der Waals surface area contributed by atoms with Crippen molar-refractivity contribution in [3.8, 4) is 0 Å². The molecule has 0 unspecified atom stereocenters. The van der Waals surface area contributed by atoms with Gasteiger partial charge in [-0.15, -0.1) is 0 Å². The van der Waals surface area contributed by atoms with Crippen LogP contribution in [0.2, 0.25) is 0 Å². The zero-order chi connectivity index (χ0) is 13.0. The van der Waals surface area contributed by atoms with E-state index in [2.05, 4.69) is 19.2 Å². The Kier molecular flexibility index (Phi) is 4.55. The van der Waals surface area contributed by atoms with E-state index in [1.54, 1.807) is 4.90 Å². The molecule has 3 nitrogen and oxygen atoms in total. The van der Waals surface area contributed by atoms with Crippen molar-refractivity contribution in [2.45, 2.75) is 20.8 Å². The van der Waals surface area contributed by atoms with Gasteiger partial charge in [0.25, 0.3) is 5.91 Å². The molecule has 0 saturated heterocycles. The van der Waals surface area contributed by atoms with Crippen molar-refractivity contribution < 1.29 is 4.79 Å². The number of amides is 1. The number of hydrogen-bond donors (Lipinski definition) is 1. The van der Waals surface area contributed by atoms with Crippen molar-refractivity contribution in [1.29, 1.82) is 0 Å². The molecular formula is C14H22N2O. The van der Waals surface area contributed by atoms with Gasteiger partial charge in [-0.2, -0.15) is 0 Å². The standard InChI is InChI=1S/C14H22N2O/c1-10(2)9-16(5)14(17)13-7-6-12(15-4)8-11(13)3/h6-8,10,15H,9H2,1-5H3. The van der Waals surface area contributed by atoms with Crippen LogP contribution in [0, 0.1) is 12.8 Å². The van der Waals surface area contributed by atoms with Crippen LogP contribution in [-0.4, -0.2) is 31.4 Å². The first-order valence-corrected chi connectivity index (χ1v) is 5.99. The van der Waals surface area contributed by atoms with Crippen LogP contribution >= 0.6 is 0 Å². The molecule has 17 heavy (non-hydrogen) atoms. The van der Waals surface area contributed by atoms with Gasteiger partial charge in [0.1, 0.15) is 0 Å². The number of anilines is 1. The predicted octanol–water partition coefficient (Wildman–Crippen LogP) is 2.76. The van der Waals surface area contributed by atoms with Gasteiger partial charge in [-0.25, -0.2) is 0 Å². The highest BCUT2D eigenvalue weighted by Gasteiger charge is 2.14. The number of nitrogens with zero attached hydrogens (tertiary/aromatic N) is 1. The fourth-order valence-electron chi connectivity index (χ4n) is 1.90. The maximum atomic E-state index is 12.2. The van der Waals surface area contributed by atoms with Crippen LogP contribution in [0.25, 0.3) is 0 Å². The predicted molar refractivity (Wildman–Crippen MR) is 72.5 cm³/mol. The van der Waals surface area contributed by atoms with E-state index in [4.69, 9.17) is 0 Å². The van der Waals surface area contributed by atoms with Crippen molar-refractivity contribution in [1.82, 2.24) is 4.90 Å². The molecule has 0 radical (unpaired) electrons. The van der Waals surface area contributed by atoms with E-state index in [0.29, 0.717) is 5.92 Å². The monoisotopic (exact) mass is 234 g/mol. The van der Waals surface area contributed by atoms with Crippen LogP contribution in [-0.2, 0) is 0 Å². The van der Waals surface area contributed by atoms with E-state index in [9.17, 15) is 4.79 Å². The third kappa shape index (κ3) is 3.48. The van der Waals surface area contributed by atoms with Crippen molar-refractivity contribution in [3.63, 3.8) is 0 Å². The Balaban J connectivity index is 2.89. The SMILES string of the molecule is CNc1ccc(C(=O)N(C)CC(C)C)c(C)c1. The van der Waals surface area contributed by atoms with Gasteiger partial charge < -0.3 is 10.2 Å². The molecule has 1 amide bonds. The van der Waals surface area contributed by atoms with Crippen LogP contribution < -0.4 is 5.32 Å². The smallest absolute Gasteiger partial charge is 0.253 e. The lowest BCUT2D eigenvalue weighted by molar-refractivity contribution is 0.0778. The first-order valence-electron chi connectivity index (χ1n) is 5.99. The molecule has 1 rings (SSSR count). The lowest BCUT2D eigenvalue weighted by Gasteiger charge is -2.20. The molecular weight excluding hydrogens is 212 g/mol. The molecule has 0 saturated carbocycles. The molecule has 3 heteroatoms. The molecule has 0 aliphatic heterocycles. The summed E-state index contributed by atoms with van der Waals surface area (Å²) in [4.78, 5) is 14.0. The first-order chi connectivity index (χ1) is 7.95. The van der Waals surface area contributed by atoms with Crippen LogP contribution in [0.4, 0.5) is 5.69 Å². The van der Waals surface area contributed by atoms with Gasteiger partial charge in [0.05, 0.1) is 0 Å². The second-order valence-corrected chi connectivity index (χ2v) is 4.86. The lowest BCUT2D eigenvalue weighted by atomic mass is 10.1. The highest BCUT2D eigenvalue weighted by Crippen LogP contribution is 2.16. The first kappa shape index (κ1) is 13.6. The fraction of sp³-hybridized carbons (Fsp3) is 0.500. The van der Waals surface area contributed by atoms with E-state index in [0.717, 1.165) is 23.4 Å². The normalized spacial score (nSPS) is 10.5. The average Bonchev–Trinajstić information content (AvgIpc) is 2.27. The number of rotatable bonds is 4. The van der Waals surface area contributed by atoms with Crippen molar-refractivity contribution >= 4 is 11.6 Å². The largest absolute Gasteiger partial charge is 0.388 e. The molecule has 0 aliphatic carbocycles. The third-order valence-corrected chi connectivity index (χ3v) is 2.73. The van der Waals surface area contributed by atoms with Gasteiger partial charge in [0.2, 0.25) is 0 Å². The van der Waals surface area contributed by atoms with Crippen LogP contribution in [0.15, 0.2) is 18.2 Å². The summed E-state index contributed by atoms with van der Waals surface area (Å²) in [5.41, 5.74) is 2.83. The average molecular weight is 234 g/mol. The molecule has 0 spiro atoms. The second kappa shape index (κ2) is 5.71. The molecule has 0 fully saturated rings. The van der Waals surface area contributed by atoms with E-state index in [1.807, 2.05) is 39.2 Å². The summed E-state index contributed by atoms with van der Waals surface area (Å²) in [6.45, 7) is 6.98. The molecule has 0 aliphatic rings. The van der Waals surface area contributed by atoms with Crippen molar-refractivity contribution in [2.75, 3.05) is 26.0 Å². The van der Waals surface area contributed by atoms with Gasteiger partial charge in [-0.1, -0.05) is 13.8 Å². The molecule has 1 aromatic rings. The molecule has 0 bridgehead atoms. The Morgan fingerprint density at radius 3 is 2.53 bits per heavy atom. The Labute approximate surface area is 104 Å². The van der Waals surface area contributed by atoms with E-state index in [-0.39, 0.29) is 5.91 Å².